The van der Waals surface area contributed by atoms with E-state index in [4.69, 9.17) is 0 Å². The van der Waals surface area contributed by atoms with Crippen molar-refractivity contribution in [2.75, 3.05) is 5.32 Å². The van der Waals surface area contributed by atoms with Crippen LogP contribution in [0.25, 0.3) is 0 Å². The molecule has 0 aliphatic rings. The van der Waals surface area contributed by atoms with E-state index >= 15 is 0 Å². The molecule has 0 unspecified atom stereocenters. The smallest absolute Gasteiger partial charge is 0.255 e. The lowest BCUT2D eigenvalue weighted by atomic mass is 10.2. The molecule has 24 heavy (non-hydrogen) atoms. The Morgan fingerprint density at radius 2 is 1.29 bits per heavy atom. The fourth-order valence-electron chi connectivity index (χ4n) is 2.27. The zero-order valence-corrected chi connectivity index (χ0v) is 13.5. The van der Waals surface area contributed by atoms with Gasteiger partial charge in [-0.05, 0) is 42.5 Å². The summed E-state index contributed by atoms with van der Waals surface area (Å²) in [6, 6.07) is 23.2. The van der Waals surface area contributed by atoms with Crippen LogP contribution in [-0.4, -0.2) is 14.3 Å². The highest BCUT2D eigenvalue weighted by molar-refractivity contribution is 7.91. The van der Waals surface area contributed by atoms with Crippen molar-refractivity contribution in [1.82, 2.24) is 0 Å². The van der Waals surface area contributed by atoms with Crippen LogP contribution in [0.4, 0.5) is 5.69 Å². The number of hydrogen-bond acceptors (Lipinski definition) is 3. The van der Waals surface area contributed by atoms with Crippen molar-refractivity contribution >= 4 is 21.4 Å². The Balaban J connectivity index is 1.89. The highest BCUT2D eigenvalue weighted by atomic mass is 32.2. The molecule has 3 aromatic carbocycles. The number of amides is 1. The maximum Gasteiger partial charge on any atom is 0.255 e. The van der Waals surface area contributed by atoms with Gasteiger partial charge in [-0.3, -0.25) is 4.79 Å². The highest BCUT2D eigenvalue weighted by Gasteiger charge is 2.17. The third-order valence-corrected chi connectivity index (χ3v) is 5.26. The van der Waals surface area contributed by atoms with Crippen molar-refractivity contribution in [2.24, 2.45) is 0 Å². The van der Waals surface area contributed by atoms with E-state index in [0.29, 0.717) is 11.3 Å². The quantitative estimate of drug-likeness (QED) is 0.788. The number of nitrogens with one attached hydrogen (secondary N) is 1. The van der Waals surface area contributed by atoms with Gasteiger partial charge >= 0.3 is 0 Å². The van der Waals surface area contributed by atoms with Gasteiger partial charge in [0.15, 0.2) is 0 Å². The first-order valence-electron chi connectivity index (χ1n) is 7.34. The standard InChI is InChI=1S/C19H15NO3S/c21-19(15-8-3-1-4-9-15)20-16-10-7-13-18(14-16)24(22,23)17-11-5-2-6-12-17/h1-14H,(H,20,21). The molecule has 0 heterocycles. The molecule has 0 saturated heterocycles. The molecule has 0 aromatic heterocycles. The second-order valence-electron chi connectivity index (χ2n) is 5.16. The largest absolute Gasteiger partial charge is 0.322 e. The predicted octanol–water partition coefficient (Wildman–Crippen LogP) is 3.77. The van der Waals surface area contributed by atoms with Gasteiger partial charge in [0.1, 0.15) is 0 Å². The molecule has 0 saturated carbocycles. The van der Waals surface area contributed by atoms with Crippen molar-refractivity contribution in [1.29, 1.82) is 0 Å². The second kappa shape index (κ2) is 6.68. The number of hydrogen-bond donors (Lipinski definition) is 1. The first-order chi connectivity index (χ1) is 11.6. The Morgan fingerprint density at radius 1 is 0.708 bits per heavy atom. The summed E-state index contributed by atoms with van der Waals surface area (Å²) in [6.45, 7) is 0. The number of carbonyl (C=O) groups is 1. The van der Waals surface area contributed by atoms with Crippen LogP contribution in [0.5, 0.6) is 0 Å². The van der Waals surface area contributed by atoms with E-state index in [1.807, 2.05) is 6.07 Å². The predicted molar refractivity (Wildman–Crippen MR) is 92.7 cm³/mol. The molecule has 0 spiro atoms. The normalized spacial score (nSPS) is 11.0. The molecule has 0 aliphatic carbocycles. The fraction of sp³-hybridized carbons (Fsp3) is 0. The van der Waals surface area contributed by atoms with E-state index in [1.165, 1.54) is 12.1 Å². The van der Waals surface area contributed by atoms with Gasteiger partial charge in [-0.1, -0.05) is 42.5 Å². The second-order valence-corrected chi connectivity index (χ2v) is 7.11. The number of sulfone groups is 1. The minimum atomic E-state index is -3.61. The zero-order valence-electron chi connectivity index (χ0n) is 12.7. The summed E-state index contributed by atoms with van der Waals surface area (Å²) in [6.07, 6.45) is 0. The van der Waals surface area contributed by atoms with Crippen molar-refractivity contribution in [3.05, 3.63) is 90.5 Å². The maximum absolute atomic E-state index is 12.6. The molecule has 1 N–H and O–H groups in total. The van der Waals surface area contributed by atoms with E-state index in [2.05, 4.69) is 5.32 Å². The molecule has 0 atom stereocenters. The summed E-state index contributed by atoms with van der Waals surface area (Å²) in [5.41, 5.74) is 0.940. The van der Waals surface area contributed by atoms with Gasteiger partial charge in [-0.15, -0.1) is 0 Å². The van der Waals surface area contributed by atoms with E-state index in [1.54, 1.807) is 66.7 Å². The van der Waals surface area contributed by atoms with Crippen molar-refractivity contribution < 1.29 is 13.2 Å². The van der Waals surface area contributed by atoms with Gasteiger partial charge in [0.2, 0.25) is 9.84 Å². The van der Waals surface area contributed by atoms with Crippen molar-refractivity contribution in [3.63, 3.8) is 0 Å². The summed E-state index contributed by atoms with van der Waals surface area (Å²) in [5.74, 6) is -0.287. The maximum atomic E-state index is 12.6. The van der Waals surface area contributed by atoms with Crippen LogP contribution in [0.3, 0.4) is 0 Å². The minimum absolute atomic E-state index is 0.138. The number of rotatable bonds is 4. The lowest BCUT2D eigenvalue weighted by Gasteiger charge is -2.08. The monoisotopic (exact) mass is 337 g/mol. The summed E-state index contributed by atoms with van der Waals surface area (Å²) in [4.78, 5) is 12.5. The Morgan fingerprint density at radius 3 is 1.96 bits per heavy atom. The van der Waals surface area contributed by atoms with Gasteiger partial charge in [-0.2, -0.15) is 0 Å². The molecule has 3 aromatic rings. The van der Waals surface area contributed by atoms with E-state index in [-0.39, 0.29) is 15.7 Å². The number of anilines is 1. The molecule has 0 aliphatic heterocycles. The van der Waals surface area contributed by atoms with Gasteiger partial charge < -0.3 is 5.32 Å². The molecular weight excluding hydrogens is 322 g/mol. The van der Waals surface area contributed by atoms with E-state index in [9.17, 15) is 13.2 Å². The Kier molecular flexibility index (Phi) is 4.44. The first-order valence-corrected chi connectivity index (χ1v) is 8.82. The molecule has 4 nitrogen and oxygen atoms in total. The van der Waals surface area contributed by atoms with Crippen LogP contribution in [0.1, 0.15) is 10.4 Å². The molecule has 0 fully saturated rings. The van der Waals surface area contributed by atoms with E-state index < -0.39 is 9.84 Å². The number of benzene rings is 3. The summed E-state index contributed by atoms with van der Waals surface area (Å²) >= 11 is 0. The lowest BCUT2D eigenvalue weighted by molar-refractivity contribution is 0.102. The van der Waals surface area contributed by atoms with Crippen molar-refractivity contribution in [2.45, 2.75) is 9.79 Å². The van der Waals surface area contributed by atoms with Crippen LogP contribution in [0, 0.1) is 0 Å². The summed E-state index contributed by atoms with van der Waals surface area (Å²) < 4.78 is 25.3. The van der Waals surface area contributed by atoms with E-state index in [0.717, 1.165) is 0 Å². The molecule has 120 valence electrons. The average molecular weight is 337 g/mol. The van der Waals surface area contributed by atoms with Crippen LogP contribution in [0.15, 0.2) is 94.7 Å². The Bertz CT molecular complexity index is 952. The fourth-order valence-corrected chi connectivity index (χ4v) is 3.60. The molecule has 5 heteroatoms. The molecule has 3 rings (SSSR count). The van der Waals surface area contributed by atoms with Crippen LogP contribution in [-0.2, 0) is 9.84 Å². The molecule has 0 bridgehead atoms. The molecular formula is C19H15NO3S. The highest BCUT2D eigenvalue weighted by Crippen LogP contribution is 2.23. The van der Waals surface area contributed by atoms with Crippen molar-refractivity contribution in [3.8, 4) is 0 Å². The van der Waals surface area contributed by atoms with Crippen LogP contribution >= 0.6 is 0 Å². The minimum Gasteiger partial charge on any atom is -0.322 e. The topological polar surface area (TPSA) is 63.2 Å². The van der Waals surface area contributed by atoms with Gasteiger partial charge in [0, 0.05) is 11.3 Å². The molecule has 1 amide bonds. The third kappa shape index (κ3) is 3.36. The van der Waals surface area contributed by atoms with Gasteiger partial charge in [-0.25, -0.2) is 8.42 Å². The third-order valence-electron chi connectivity index (χ3n) is 3.49. The Labute approximate surface area is 140 Å². The lowest BCUT2D eigenvalue weighted by Crippen LogP contribution is -2.12. The zero-order chi connectivity index (χ0) is 17.0. The Hall–Kier alpha value is -2.92. The first kappa shape index (κ1) is 16.0. The number of carbonyl (C=O) groups excluding carboxylic acids is 1. The SMILES string of the molecule is O=C(Nc1cccc(S(=O)(=O)c2ccccc2)c1)c1ccccc1. The summed E-state index contributed by atoms with van der Waals surface area (Å²) in [7, 11) is -3.61. The van der Waals surface area contributed by atoms with Gasteiger partial charge in [0.05, 0.1) is 9.79 Å². The summed E-state index contributed by atoms with van der Waals surface area (Å²) in [5, 5.41) is 2.72. The van der Waals surface area contributed by atoms with Crippen LogP contribution in [0.2, 0.25) is 0 Å². The van der Waals surface area contributed by atoms with Crippen LogP contribution < -0.4 is 5.32 Å². The van der Waals surface area contributed by atoms with Gasteiger partial charge in [0.25, 0.3) is 5.91 Å². The molecule has 0 radical (unpaired) electrons. The average Bonchev–Trinajstić information content (AvgIpc) is 2.63.